The molecule has 6 nitrogen and oxygen atoms in total. The maximum Gasteiger partial charge on any atom is 0.180 e. The lowest BCUT2D eigenvalue weighted by molar-refractivity contribution is 0.198. The van der Waals surface area contributed by atoms with Gasteiger partial charge >= 0.3 is 0 Å². The molecule has 4 rings (SSSR count). The molecular weight excluding hydrogens is 308 g/mol. The smallest absolute Gasteiger partial charge is 0.180 e. The normalized spacial score (nSPS) is 17.5. The average molecular weight is 326 g/mol. The van der Waals surface area contributed by atoms with Crippen LogP contribution in [0.5, 0.6) is 0 Å². The minimum atomic E-state index is 0.382. The Morgan fingerprint density at radius 1 is 1.00 bits per heavy atom. The predicted octanol–water partition coefficient (Wildman–Crippen LogP) is 2.36. The van der Waals surface area contributed by atoms with Crippen LogP contribution in [0.3, 0.4) is 0 Å². The van der Waals surface area contributed by atoms with E-state index in [0.717, 1.165) is 37.5 Å². The number of hydrogen-bond acceptors (Lipinski definition) is 7. The third-order valence-electron chi connectivity index (χ3n) is 4.31. The summed E-state index contributed by atoms with van der Waals surface area (Å²) in [4.78, 5) is 22.5. The fourth-order valence-corrected chi connectivity index (χ4v) is 3.68. The van der Waals surface area contributed by atoms with Gasteiger partial charge in [-0.2, -0.15) is 0 Å². The summed E-state index contributed by atoms with van der Waals surface area (Å²) in [7, 11) is 0. The fourth-order valence-electron chi connectivity index (χ4n) is 2.96. The Kier molecular flexibility index (Phi) is 3.88. The molecule has 1 aliphatic heterocycles. The Morgan fingerprint density at radius 3 is 2.61 bits per heavy atom. The van der Waals surface area contributed by atoms with Gasteiger partial charge in [0, 0.05) is 50.1 Å². The predicted molar refractivity (Wildman–Crippen MR) is 91.6 cm³/mol. The fraction of sp³-hybridized carbons (Fsp3) is 0.375. The van der Waals surface area contributed by atoms with Crippen LogP contribution in [0, 0.1) is 0 Å². The van der Waals surface area contributed by atoms with Crippen LogP contribution in [0.1, 0.15) is 18.0 Å². The van der Waals surface area contributed by atoms with Gasteiger partial charge in [-0.1, -0.05) is 0 Å². The van der Waals surface area contributed by atoms with Gasteiger partial charge in [0.15, 0.2) is 5.65 Å². The summed E-state index contributed by atoms with van der Waals surface area (Å²) < 4.78 is 0. The van der Waals surface area contributed by atoms with Crippen LogP contribution in [0.4, 0.5) is 5.82 Å². The molecule has 0 spiro atoms. The molecule has 1 unspecified atom stereocenters. The van der Waals surface area contributed by atoms with Crippen LogP contribution in [0.25, 0.3) is 11.2 Å². The molecule has 1 fully saturated rings. The molecule has 1 saturated heterocycles. The molecule has 1 atom stereocenters. The second-order valence-electron chi connectivity index (χ2n) is 5.64. The molecule has 0 radical (unpaired) electrons. The Bertz CT molecular complexity index is 782. The van der Waals surface area contributed by atoms with Gasteiger partial charge in [-0.25, -0.2) is 15.0 Å². The number of pyridine rings is 1. The van der Waals surface area contributed by atoms with Gasteiger partial charge in [0.2, 0.25) is 0 Å². The van der Waals surface area contributed by atoms with Crippen molar-refractivity contribution in [3.8, 4) is 0 Å². The SMILES string of the molecule is CC(c1nccs1)N1CCN(c2ccc3nccnc3n2)CC1. The monoisotopic (exact) mass is 326 g/mol. The number of thiazole rings is 1. The molecule has 1 aliphatic rings. The molecule has 0 saturated carbocycles. The molecule has 3 aromatic heterocycles. The molecule has 3 aromatic rings. The Morgan fingerprint density at radius 2 is 1.83 bits per heavy atom. The summed E-state index contributed by atoms with van der Waals surface area (Å²) >= 11 is 1.73. The van der Waals surface area contributed by atoms with Crippen molar-refractivity contribution in [3.63, 3.8) is 0 Å². The first-order chi connectivity index (χ1) is 11.3. The van der Waals surface area contributed by atoms with E-state index in [1.54, 1.807) is 23.7 Å². The molecule has 118 valence electrons. The van der Waals surface area contributed by atoms with E-state index in [9.17, 15) is 0 Å². The molecule has 0 aliphatic carbocycles. The Hall–Kier alpha value is -2.12. The average Bonchev–Trinajstić information content (AvgIpc) is 3.15. The molecule has 0 aromatic carbocycles. The van der Waals surface area contributed by atoms with Crippen molar-refractivity contribution in [1.82, 2.24) is 24.8 Å². The van der Waals surface area contributed by atoms with Crippen molar-refractivity contribution in [1.29, 1.82) is 0 Å². The summed E-state index contributed by atoms with van der Waals surface area (Å²) in [5, 5.41) is 3.24. The topological polar surface area (TPSA) is 58.0 Å². The van der Waals surface area contributed by atoms with Gasteiger partial charge < -0.3 is 4.90 Å². The van der Waals surface area contributed by atoms with Crippen molar-refractivity contribution >= 4 is 28.3 Å². The van der Waals surface area contributed by atoms with Crippen LogP contribution in [-0.4, -0.2) is 51.0 Å². The van der Waals surface area contributed by atoms with Gasteiger partial charge in [-0.15, -0.1) is 11.3 Å². The number of anilines is 1. The third-order valence-corrected chi connectivity index (χ3v) is 5.26. The van der Waals surface area contributed by atoms with Crippen molar-refractivity contribution in [2.45, 2.75) is 13.0 Å². The number of fused-ring (bicyclic) bond motifs is 1. The second-order valence-corrected chi connectivity index (χ2v) is 6.56. The number of aromatic nitrogens is 4. The molecule has 23 heavy (non-hydrogen) atoms. The standard InChI is InChI=1S/C16H18N6S/c1-12(16-19-6-11-23-16)21-7-9-22(10-8-21)14-3-2-13-15(20-14)18-5-4-17-13/h2-6,11-12H,7-10H2,1H3. The Labute approximate surface area is 138 Å². The van der Waals surface area contributed by atoms with E-state index in [1.807, 2.05) is 23.7 Å². The van der Waals surface area contributed by atoms with E-state index in [0.29, 0.717) is 11.7 Å². The maximum atomic E-state index is 4.64. The van der Waals surface area contributed by atoms with E-state index < -0.39 is 0 Å². The van der Waals surface area contributed by atoms with Gasteiger partial charge in [-0.05, 0) is 19.1 Å². The van der Waals surface area contributed by atoms with Crippen LogP contribution in [-0.2, 0) is 0 Å². The van der Waals surface area contributed by atoms with Crippen molar-refractivity contribution < 1.29 is 0 Å². The molecule has 0 amide bonds. The van der Waals surface area contributed by atoms with E-state index in [-0.39, 0.29) is 0 Å². The number of nitrogens with zero attached hydrogens (tertiary/aromatic N) is 6. The quantitative estimate of drug-likeness (QED) is 0.736. The largest absolute Gasteiger partial charge is 0.354 e. The zero-order valence-electron chi connectivity index (χ0n) is 13.0. The van der Waals surface area contributed by atoms with Crippen LogP contribution in [0.2, 0.25) is 0 Å². The highest BCUT2D eigenvalue weighted by atomic mass is 32.1. The number of hydrogen-bond donors (Lipinski definition) is 0. The lowest BCUT2D eigenvalue weighted by atomic mass is 10.2. The summed E-state index contributed by atoms with van der Waals surface area (Å²) in [6, 6.07) is 4.42. The van der Waals surface area contributed by atoms with Gasteiger partial charge in [-0.3, -0.25) is 9.88 Å². The minimum absolute atomic E-state index is 0.382. The lowest BCUT2D eigenvalue weighted by Gasteiger charge is -2.37. The van der Waals surface area contributed by atoms with Gasteiger partial charge in [0.05, 0.1) is 6.04 Å². The van der Waals surface area contributed by atoms with Crippen molar-refractivity contribution in [2.75, 3.05) is 31.1 Å². The van der Waals surface area contributed by atoms with E-state index in [2.05, 4.69) is 36.7 Å². The molecule has 4 heterocycles. The zero-order valence-corrected chi connectivity index (χ0v) is 13.8. The third kappa shape index (κ3) is 2.89. The van der Waals surface area contributed by atoms with Crippen LogP contribution >= 0.6 is 11.3 Å². The number of rotatable bonds is 3. The highest BCUT2D eigenvalue weighted by molar-refractivity contribution is 7.09. The lowest BCUT2D eigenvalue weighted by Crippen LogP contribution is -2.47. The summed E-state index contributed by atoms with van der Waals surface area (Å²) in [5.41, 5.74) is 1.55. The summed E-state index contributed by atoms with van der Waals surface area (Å²) in [6.45, 7) is 6.20. The second kappa shape index (κ2) is 6.17. The highest BCUT2D eigenvalue weighted by Crippen LogP contribution is 2.24. The van der Waals surface area contributed by atoms with E-state index in [1.165, 1.54) is 5.01 Å². The number of piperazine rings is 1. The molecule has 0 N–H and O–H groups in total. The Balaban J connectivity index is 1.46. The van der Waals surface area contributed by atoms with E-state index in [4.69, 9.17) is 0 Å². The molecule has 7 heteroatoms. The van der Waals surface area contributed by atoms with E-state index >= 15 is 0 Å². The molecule has 0 bridgehead atoms. The van der Waals surface area contributed by atoms with Crippen molar-refractivity contribution in [2.24, 2.45) is 0 Å². The zero-order chi connectivity index (χ0) is 15.6. The molecular formula is C16H18N6S. The summed E-state index contributed by atoms with van der Waals surface area (Å²) in [5.74, 6) is 0.986. The van der Waals surface area contributed by atoms with Crippen molar-refractivity contribution in [3.05, 3.63) is 41.1 Å². The minimum Gasteiger partial charge on any atom is -0.354 e. The first-order valence-electron chi connectivity index (χ1n) is 7.77. The van der Waals surface area contributed by atoms with Crippen LogP contribution < -0.4 is 4.90 Å². The van der Waals surface area contributed by atoms with Crippen LogP contribution in [0.15, 0.2) is 36.1 Å². The summed E-state index contributed by atoms with van der Waals surface area (Å²) in [6.07, 6.45) is 5.27. The first-order valence-corrected chi connectivity index (χ1v) is 8.65. The van der Waals surface area contributed by atoms with Gasteiger partial charge in [0.25, 0.3) is 0 Å². The highest BCUT2D eigenvalue weighted by Gasteiger charge is 2.24. The first kappa shape index (κ1) is 14.5. The maximum absolute atomic E-state index is 4.64. The van der Waals surface area contributed by atoms with Gasteiger partial charge in [0.1, 0.15) is 16.3 Å².